The van der Waals surface area contributed by atoms with E-state index in [0.717, 1.165) is 83.5 Å². The molecular weight excluding hydrogens is 791 g/mol. The fourth-order valence-electron chi connectivity index (χ4n) is 8.23. The van der Waals surface area contributed by atoms with Crippen LogP contribution in [0.1, 0.15) is 271 Å². The van der Waals surface area contributed by atoms with Crippen LogP contribution < -0.4 is 5.32 Å². The van der Waals surface area contributed by atoms with Crippen molar-refractivity contribution in [3.05, 3.63) is 60.8 Å². The Morgan fingerprint density at radius 2 is 0.906 bits per heavy atom. The van der Waals surface area contributed by atoms with Crippen molar-refractivity contribution < 1.29 is 24.5 Å². The lowest BCUT2D eigenvalue weighted by molar-refractivity contribution is -0.151. The van der Waals surface area contributed by atoms with Crippen molar-refractivity contribution in [2.45, 2.75) is 289 Å². The van der Waals surface area contributed by atoms with Gasteiger partial charge in [-0.15, -0.1) is 0 Å². The maximum absolute atomic E-state index is 13.2. The third kappa shape index (κ3) is 46.1. The quantitative estimate of drug-likeness (QED) is 0.0245. The van der Waals surface area contributed by atoms with Gasteiger partial charge in [-0.25, -0.2) is 0 Å². The Balaban J connectivity index is 4.60. The average Bonchev–Trinajstić information content (AvgIpc) is 3.29. The van der Waals surface area contributed by atoms with E-state index in [-0.39, 0.29) is 24.9 Å². The van der Waals surface area contributed by atoms with Gasteiger partial charge in [-0.3, -0.25) is 9.59 Å². The SMILES string of the molecule is CC/C=C/C=C/C=C/CCCCCCCCCC(=O)OC(CCCCCCC/C=C\C/C=C\CCCCC)CC(=O)NC(CO)C(O)CCCCCCCCCCCCCCCCC. The highest BCUT2D eigenvalue weighted by atomic mass is 16.5. The summed E-state index contributed by atoms with van der Waals surface area (Å²) < 4.78 is 5.94. The number of amides is 1. The second-order valence-electron chi connectivity index (χ2n) is 18.7. The van der Waals surface area contributed by atoms with Gasteiger partial charge in [0.15, 0.2) is 0 Å². The summed E-state index contributed by atoms with van der Waals surface area (Å²) in [5.74, 6) is -0.496. The van der Waals surface area contributed by atoms with Gasteiger partial charge in [-0.1, -0.05) is 242 Å². The van der Waals surface area contributed by atoms with Crippen molar-refractivity contribution in [2.24, 2.45) is 0 Å². The molecular formula is C58H105NO5. The van der Waals surface area contributed by atoms with Crippen LogP contribution in [0.3, 0.4) is 0 Å². The maximum atomic E-state index is 13.2. The Labute approximate surface area is 397 Å². The van der Waals surface area contributed by atoms with Crippen LogP contribution in [0.25, 0.3) is 0 Å². The molecule has 64 heavy (non-hydrogen) atoms. The molecule has 0 spiro atoms. The number of carbonyl (C=O) groups excluding carboxylic acids is 2. The second kappa shape index (κ2) is 51.5. The van der Waals surface area contributed by atoms with Crippen molar-refractivity contribution in [3.63, 3.8) is 0 Å². The average molecular weight is 896 g/mol. The molecule has 6 nitrogen and oxygen atoms in total. The van der Waals surface area contributed by atoms with Crippen LogP contribution >= 0.6 is 0 Å². The van der Waals surface area contributed by atoms with E-state index in [2.05, 4.69) is 86.8 Å². The minimum Gasteiger partial charge on any atom is -0.462 e. The van der Waals surface area contributed by atoms with Crippen LogP contribution in [-0.4, -0.2) is 46.9 Å². The molecule has 0 rings (SSSR count). The number of rotatable bonds is 49. The number of unbranched alkanes of at least 4 members (excludes halogenated alkanes) is 29. The number of carbonyl (C=O) groups is 2. The summed E-state index contributed by atoms with van der Waals surface area (Å²) in [7, 11) is 0. The van der Waals surface area contributed by atoms with Gasteiger partial charge in [0.2, 0.25) is 5.91 Å². The van der Waals surface area contributed by atoms with Gasteiger partial charge in [0.25, 0.3) is 0 Å². The predicted octanol–water partition coefficient (Wildman–Crippen LogP) is 16.8. The summed E-state index contributed by atoms with van der Waals surface area (Å²) in [6, 6.07) is -0.710. The lowest BCUT2D eigenvalue weighted by Crippen LogP contribution is -2.46. The number of aliphatic hydroxyl groups excluding tert-OH is 2. The van der Waals surface area contributed by atoms with E-state index in [1.165, 1.54) is 141 Å². The first kappa shape index (κ1) is 61.6. The van der Waals surface area contributed by atoms with Gasteiger partial charge in [-0.2, -0.15) is 0 Å². The van der Waals surface area contributed by atoms with Crippen molar-refractivity contribution in [2.75, 3.05) is 6.61 Å². The topological polar surface area (TPSA) is 95.9 Å². The van der Waals surface area contributed by atoms with Gasteiger partial charge in [0, 0.05) is 6.42 Å². The van der Waals surface area contributed by atoms with Crippen molar-refractivity contribution in [1.29, 1.82) is 0 Å². The normalized spacial score (nSPS) is 13.6. The molecule has 0 saturated carbocycles. The first-order valence-electron chi connectivity index (χ1n) is 27.5. The zero-order chi connectivity index (χ0) is 46.7. The van der Waals surface area contributed by atoms with Crippen LogP contribution in [0.15, 0.2) is 60.8 Å². The molecule has 3 unspecified atom stereocenters. The molecule has 0 bridgehead atoms. The molecule has 3 atom stereocenters. The van der Waals surface area contributed by atoms with E-state index in [4.69, 9.17) is 4.74 Å². The molecule has 0 radical (unpaired) electrons. The summed E-state index contributed by atoms with van der Waals surface area (Å²) in [5, 5.41) is 23.9. The van der Waals surface area contributed by atoms with E-state index >= 15 is 0 Å². The Bertz CT molecular complexity index is 1140. The molecule has 0 aromatic rings. The molecule has 372 valence electrons. The van der Waals surface area contributed by atoms with E-state index in [9.17, 15) is 19.8 Å². The summed E-state index contributed by atoms with van der Waals surface area (Å²) in [6.07, 6.45) is 64.2. The number of hydrogen-bond donors (Lipinski definition) is 3. The van der Waals surface area contributed by atoms with Gasteiger partial charge >= 0.3 is 5.97 Å². The molecule has 0 fully saturated rings. The first-order valence-corrected chi connectivity index (χ1v) is 27.5. The van der Waals surface area contributed by atoms with Gasteiger partial charge in [0.1, 0.15) is 6.10 Å². The zero-order valence-corrected chi connectivity index (χ0v) is 42.4. The number of allylic oxidation sites excluding steroid dienone is 10. The third-order valence-corrected chi connectivity index (χ3v) is 12.4. The molecule has 0 saturated heterocycles. The highest BCUT2D eigenvalue weighted by Crippen LogP contribution is 2.18. The second-order valence-corrected chi connectivity index (χ2v) is 18.7. The number of esters is 1. The number of nitrogens with one attached hydrogen (secondary N) is 1. The van der Waals surface area contributed by atoms with E-state index in [1.54, 1.807) is 0 Å². The number of aliphatic hydroxyl groups is 2. The van der Waals surface area contributed by atoms with Crippen LogP contribution in [-0.2, 0) is 14.3 Å². The van der Waals surface area contributed by atoms with E-state index in [0.29, 0.717) is 19.3 Å². The van der Waals surface area contributed by atoms with Crippen LogP contribution in [0.4, 0.5) is 0 Å². The molecule has 0 aromatic heterocycles. The Morgan fingerprint density at radius 3 is 1.42 bits per heavy atom. The van der Waals surface area contributed by atoms with Crippen LogP contribution in [0.5, 0.6) is 0 Å². The molecule has 3 N–H and O–H groups in total. The van der Waals surface area contributed by atoms with Crippen LogP contribution in [0.2, 0.25) is 0 Å². The minimum absolute atomic E-state index is 0.0626. The van der Waals surface area contributed by atoms with Gasteiger partial charge in [-0.05, 0) is 77.0 Å². The van der Waals surface area contributed by atoms with Crippen molar-refractivity contribution in [3.8, 4) is 0 Å². The summed E-state index contributed by atoms with van der Waals surface area (Å²) in [4.78, 5) is 26.2. The highest BCUT2D eigenvalue weighted by molar-refractivity contribution is 5.77. The van der Waals surface area contributed by atoms with Gasteiger partial charge in [0.05, 0.1) is 25.2 Å². The monoisotopic (exact) mass is 896 g/mol. The Hall–Kier alpha value is -2.44. The van der Waals surface area contributed by atoms with Gasteiger partial charge < -0.3 is 20.3 Å². The van der Waals surface area contributed by atoms with E-state index < -0.39 is 18.2 Å². The molecule has 6 heteroatoms. The molecule has 0 aliphatic heterocycles. The van der Waals surface area contributed by atoms with Crippen LogP contribution in [0, 0.1) is 0 Å². The van der Waals surface area contributed by atoms with E-state index in [1.807, 2.05) is 0 Å². The first-order chi connectivity index (χ1) is 31.5. The zero-order valence-electron chi connectivity index (χ0n) is 42.4. The largest absolute Gasteiger partial charge is 0.462 e. The standard InChI is InChI=1S/C58H105NO5/c1-4-7-10-13-16-19-22-25-28-31-34-37-40-43-46-49-54(64-58(63)51-48-45-42-39-36-33-30-27-24-21-18-15-12-9-6-3)52-57(62)59-55(53-60)56(61)50-47-44-41-38-35-32-29-26-23-20-17-14-11-8-5-2/h9,12,15-16,18-19,21,24-25,28,54-56,60-61H,4-8,10-11,13-14,17,20,22-23,26-27,29-53H2,1-3H3,(H,59,62)/b12-9+,18-15+,19-16-,24-21+,28-25-. The molecule has 0 heterocycles. The molecule has 0 aromatic carbocycles. The lowest BCUT2D eigenvalue weighted by Gasteiger charge is -2.24. The summed E-state index contributed by atoms with van der Waals surface area (Å²) in [6.45, 7) is 6.34. The van der Waals surface area contributed by atoms with Crippen molar-refractivity contribution >= 4 is 11.9 Å². The Kier molecular flexibility index (Phi) is 49.6. The summed E-state index contributed by atoms with van der Waals surface area (Å²) in [5.41, 5.74) is 0. The molecule has 0 aliphatic rings. The lowest BCUT2D eigenvalue weighted by atomic mass is 10.0. The molecule has 0 aliphatic carbocycles. The number of ether oxygens (including phenoxy) is 1. The predicted molar refractivity (Wildman–Crippen MR) is 278 cm³/mol. The fourth-order valence-corrected chi connectivity index (χ4v) is 8.23. The fraction of sp³-hybridized carbons (Fsp3) is 0.793. The third-order valence-electron chi connectivity index (χ3n) is 12.4. The molecule has 1 amide bonds. The summed E-state index contributed by atoms with van der Waals surface area (Å²) >= 11 is 0. The van der Waals surface area contributed by atoms with Crippen molar-refractivity contribution in [1.82, 2.24) is 5.32 Å². The Morgan fingerprint density at radius 1 is 0.484 bits per heavy atom. The minimum atomic E-state index is -0.795. The highest BCUT2D eigenvalue weighted by Gasteiger charge is 2.24. The number of hydrogen-bond acceptors (Lipinski definition) is 5. The maximum Gasteiger partial charge on any atom is 0.306 e. The smallest absolute Gasteiger partial charge is 0.306 e.